The monoisotopic (exact) mass is 203 g/mol. The van der Waals surface area contributed by atoms with E-state index in [9.17, 15) is 4.79 Å². The van der Waals surface area contributed by atoms with Gasteiger partial charge in [0.25, 0.3) is 0 Å². The Hall–Kier alpha value is -1.64. The number of pyridine rings is 1. The molecule has 0 aliphatic carbocycles. The van der Waals surface area contributed by atoms with E-state index in [0.29, 0.717) is 12.2 Å². The van der Waals surface area contributed by atoms with Gasteiger partial charge in [0, 0.05) is 23.0 Å². The van der Waals surface area contributed by atoms with Gasteiger partial charge in [-0.1, -0.05) is 0 Å². The quantitative estimate of drug-likeness (QED) is 0.692. The fraction of sp³-hybridized carbons (Fsp3) is 0.333. The lowest BCUT2D eigenvalue weighted by Crippen LogP contribution is -2.11. The number of hydrogen-bond acceptors (Lipinski definition) is 3. The molecule has 0 saturated carbocycles. The van der Waals surface area contributed by atoms with Crippen molar-refractivity contribution in [3.8, 4) is 0 Å². The molecule has 0 spiro atoms. The number of aryl methyl sites for hydroxylation is 1. The van der Waals surface area contributed by atoms with E-state index in [4.69, 9.17) is 4.74 Å². The molecule has 0 amide bonds. The van der Waals surface area contributed by atoms with E-state index in [0.717, 1.165) is 24.1 Å². The van der Waals surface area contributed by atoms with E-state index < -0.39 is 0 Å². The Labute approximate surface area is 88.8 Å². The Kier molecular flexibility index (Phi) is 2.81. The van der Waals surface area contributed by atoms with E-state index in [1.165, 1.54) is 0 Å². The highest BCUT2D eigenvalue weighted by Gasteiger charge is 2.17. The number of allylic oxidation sites excluding steroid dienone is 1. The second-order valence-electron chi connectivity index (χ2n) is 3.58. The molecule has 3 heteroatoms. The predicted molar refractivity (Wildman–Crippen MR) is 56.6 cm³/mol. The summed E-state index contributed by atoms with van der Waals surface area (Å²) in [6.07, 6.45) is 4.99. The van der Waals surface area contributed by atoms with Crippen LogP contribution in [0.2, 0.25) is 0 Å². The van der Waals surface area contributed by atoms with Gasteiger partial charge in [0.05, 0.1) is 12.9 Å². The number of Topliss-reactive ketones (excluding diaryl/α,β-unsaturated/α-hetero) is 1. The van der Waals surface area contributed by atoms with Crippen LogP contribution < -0.4 is 0 Å². The molecule has 2 heterocycles. The second kappa shape index (κ2) is 4.26. The molecule has 0 aromatic carbocycles. The van der Waals surface area contributed by atoms with Crippen LogP contribution in [0.15, 0.2) is 30.2 Å². The summed E-state index contributed by atoms with van der Waals surface area (Å²) in [5.41, 5.74) is 2.19. The van der Waals surface area contributed by atoms with E-state index in [-0.39, 0.29) is 5.78 Å². The first-order valence-corrected chi connectivity index (χ1v) is 5.06. The summed E-state index contributed by atoms with van der Waals surface area (Å²) in [5.74, 6) is 0.0419. The average molecular weight is 203 g/mol. The van der Waals surface area contributed by atoms with E-state index in [1.54, 1.807) is 24.6 Å². The Morgan fingerprint density at radius 1 is 1.53 bits per heavy atom. The summed E-state index contributed by atoms with van der Waals surface area (Å²) in [6, 6.07) is 3.59. The zero-order valence-corrected chi connectivity index (χ0v) is 8.69. The molecule has 3 nitrogen and oxygen atoms in total. The van der Waals surface area contributed by atoms with Gasteiger partial charge >= 0.3 is 0 Å². The molecule has 15 heavy (non-hydrogen) atoms. The topological polar surface area (TPSA) is 39.2 Å². The smallest absolute Gasteiger partial charge is 0.193 e. The minimum Gasteiger partial charge on any atom is -0.501 e. The number of carbonyl (C=O) groups excluding carboxylic acids is 1. The zero-order chi connectivity index (χ0) is 10.7. The molecule has 1 aromatic rings. The largest absolute Gasteiger partial charge is 0.501 e. The highest BCUT2D eigenvalue weighted by atomic mass is 16.5. The molecule has 0 bridgehead atoms. The van der Waals surface area contributed by atoms with Gasteiger partial charge in [-0.05, 0) is 31.9 Å². The number of nitrogens with zero attached hydrogens (tertiary/aromatic N) is 1. The van der Waals surface area contributed by atoms with Gasteiger partial charge in [-0.3, -0.25) is 9.78 Å². The Morgan fingerprint density at radius 2 is 2.40 bits per heavy atom. The fourth-order valence-corrected chi connectivity index (χ4v) is 1.63. The number of ketones is 1. The number of ether oxygens (including phenoxy) is 1. The molecule has 0 fully saturated rings. The lowest BCUT2D eigenvalue weighted by molar-refractivity contribution is 0.101. The normalized spacial score (nSPS) is 15.4. The molecular formula is C12H13NO2. The summed E-state index contributed by atoms with van der Waals surface area (Å²) in [4.78, 5) is 16.1. The highest BCUT2D eigenvalue weighted by molar-refractivity contribution is 6.09. The van der Waals surface area contributed by atoms with E-state index in [1.807, 2.05) is 6.92 Å². The van der Waals surface area contributed by atoms with Crippen LogP contribution in [-0.4, -0.2) is 17.4 Å². The first kappa shape index (κ1) is 9.90. The van der Waals surface area contributed by atoms with Crippen LogP contribution in [0.25, 0.3) is 0 Å². The van der Waals surface area contributed by atoms with Crippen LogP contribution in [0.3, 0.4) is 0 Å². The van der Waals surface area contributed by atoms with Crippen molar-refractivity contribution >= 4 is 5.78 Å². The van der Waals surface area contributed by atoms with Gasteiger partial charge in [0.15, 0.2) is 5.78 Å². The lowest BCUT2D eigenvalue weighted by atomic mass is 9.99. The number of rotatable bonds is 2. The van der Waals surface area contributed by atoms with Crippen LogP contribution in [0, 0.1) is 6.92 Å². The molecule has 0 saturated heterocycles. The summed E-state index contributed by atoms with van der Waals surface area (Å²) in [6.45, 7) is 2.56. The molecule has 1 aromatic heterocycles. The van der Waals surface area contributed by atoms with Crippen LogP contribution in [0.4, 0.5) is 0 Å². The third-order valence-electron chi connectivity index (χ3n) is 2.48. The molecule has 0 atom stereocenters. The standard InChI is InChI=1S/C12H13NO2/c1-9-11(5-2-6-13-9)12(14)10-4-3-7-15-8-10/h2,5-6,8H,3-4,7H2,1H3. The summed E-state index contributed by atoms with van der Waals surface area (Å²) >= 11 is 0. The Balaban J connectivity index is 2.28. The Bertz CT molecular complexity index is 410. The maximum atomic E-state index is 12.0. The molecule has 1 aliphatic heterocycles. The SMILES string of the molecule is Cc1ncccc1C(=O)C1=COCCC1. The van der Waals surface area contributed by atoms with Crippen molar-refractivity contribution in [2.75, 3.05) is 6.61 Å². The van der Waals surface area contributed by atoms with Crippen molar-refractivity contribution in [1.29, 1.82) is 0 Å². The number of hydrogen-bond donors (Lipinski definition) is 0. The van der Waals surface area contributed by atoms with Gasteiger partial charge in [-0.25, -0.2) is 0 Å². The average Bonchev–Trinajstić information content (AvgIpc) is 2.30. The van der Waals surface area contributed by atoms with Gasteiger partial charge in [-0.15, -0.1) is 0 Å². The van der Waals surface area contributed by atoms with Crippen molar-refractivity contribution < 1.29 is 9.53 Å². The lowest BCUT2D eigenvalue weighted by Gasteiger charge is -2.13. The maximum absolute atomic E-state index is 12.0. The zero-order valence-electron chi connectivity index (χ0n) is 8.69. The minimum absolute atomic E-state index is 0.0419. The summed E-state index contributed by atoms with van der Waals surface area (Å²) in [7, 11) is 0. The molecule has 78 valence electrons. The molecule has 1 aliphatic rings. The summed E-state index contributed by atoms with van der Waals surface area (Å²) < 4.78 is 5.16. The van der Waals surface area contributed by atoms with Gasteiger partial charge in [0.2, 0.25) is 0 Å². The first-order valence-electron chi connectivity index (χ1n) is 5.06. The van der Waals surface area contributed by atoms with Crippen molar-refractivity contribution in [2.24, 2.45) is 0 Å². The highest BCUT2D eigenvalue weighted by Crippen LogP contribution is 2.18. The van der Waals surface area contributed by atoms with Gasteiger partial charge in [-0.2, -0.15) is 0 Å². The maximum Gasteiger partial charge on any atom is 0.193 e. The fourth-order valence-electron chi connectivity index (χ4n) is 1.63. The van der Waals surface area contributed by atoms with Crippen molar-refractivity contribution in [2.45, 2.75) is 19.8 Å². The van der Waals surface area contributed by atoms with Crippen molar-refractivity contribution in [3.63, 3.8) is 0 Å². The second-order valence-corrected chi connectivity index (χ2v) is 3.58. The van der Waals surface area contributed by atoms with Crippen molar-refractivity contribution in [1.82, 2.24) is 4.98 Å². The summed E-state index contributed by atoms with van der Waals surface area (Å²) in [5, 5.41) is 0. The third-order valence-corrected chi connectivity index (χ3v) is 2.48. The van der Waals surface area contributed by atoms with Crippen LogP contribution in [0.1, 0.15) is 28.9 Å². The van der Waals surface area contributed by atoms with E-state index >= 15 is 0 Å². The molecule has 0 unspecified atom stereocenters. The van der Waals surface area contributed by atoms with Crippen LogP contribution in [-0.2, 0) is 4.74 Å². The van der Waals surface area contributed by atoms with Crippen molar-refractivity contribution in [3.05, 3.63) is 41.4 Å². The molecule has 0 N–H and O–H groups in total. The third kappa shape index (κ3) is 2.06. The first-order chi connectivity index (χ1) is 7.29. The number of carbonyl (C=O) groups is 1. The predicted octanol–water partition coefficient (Wildman–Crippen LogP) is 2.27. The van der Waals surface area contributed by atoms with Gasteiger partial charge < -0.3 is 4.74 Å². The minimum atomic E-state index is 0.0419. The van der Waals surface area contributed by atoms with Crippen LogP contribution in [0.5, 0.6) is 0 Å². The molecule has 0 radical (unpaired) electrons. The Morgan fingerprint density at radius 3 is 3.07 bits per heavy atom. The molecule has 2 rings (SSSR count). The number of aromatic nitrogens is 1. The molecular weight excluding hydrogens is 190 g/mol. The van der Waals surface area contributed by atoms with Crippen LogP contribution >= 0.6 is 0 Å². The van der Waals surface area contributed by atoms with Gasteiger partial charge in [0.1, 0.15) is 0 Å². The van der Waals surface area contributed by atoms with E-state index in [2.05, 4.69) is 4.98 Å².